The molecule has 1 N–H and O–H groups in total. The Morgan fingerprint density at radius 1 is 1.12 bits per heavy atom. The maximum Gasteiger partial charge on any atom is 0.416 e. The van der Waals surface area contributed by atoms with E-state index in [4.69, 9.17) is 0 Å². The van der Waals surface area contributed by atoms with Gasteiger partial charge in [-0.25, -0.2) is 0 Å². The number of halogens is 3. The van der Waals surface area contributed by atoms with Crippen molar-refractivity contribution in [2.24, 2.45) is 5.92 Å². The number of alkyl halides is 3. The van der Waals surface area contributed by atoms with Crippen LogP contribution in [0.15, 0.2) is 42.5 Å². The largest absolute Gasteiger partial charge is 0.416 e. The van der Waals surface area contributed by atoms with E-state index in [1.165, 1.54) is 12.1 Å². The van der Waals surface area contributed by atoms with Gasteiger partial charge in [0.1, 0.15) is 0 Å². The molecule has 1 saturated carbocycles. The van der Waals surface area contributed by atoms with Gasteiger partial charge in [-0.15, -0.1) is 0 Å². The second-order valence-corrected chi connectivity index (χ2v) is 6.34. The van der Waals surface area contributed by atoms with Gasteiger partial charge >= 0.3 is 6.18 Å². The van der Waals surface area contributed by atoms with Crippen molar-refractivity contribution in [2.75, 3.05) is 5.32 Å². The van der Waals surface area contributed by atoms with Crippen molar-refractivity contribution in [3.63, 3.8) is 0 Å². The molecule has 1 aliphatic carbocycles. The number of benzene rings is 2. The Balaban J connectivity index is 1.76. The first-order chi connectivity index (χ1) is 11.3. The lowest BCUT2D eigenvalue weighted by molar-refractivity contribution is -0.138. The van der Waals surface area contributed by atoms with Gasteiger partial charge < -0.3 is 5.32 Å². The van der Waals surface area contributed by atoms with Gasteiger partial charge in [0.2, 0.25) is 5.91 Å². The first-order valence-corrected chi connectivity index (χ1v) is 7.81. The molecule has 1 amide bonds. The van der Waals surface area contributed by atoms with Crippen LogP contribution in [0.2, 0.25) is 0 Å². The molecule has 3 rings (SSSR count). The quantitative estimate of drug-likeness (QED) is 0.835. The fraction of sp³-hybridized carbons (Fsp3) is 0.316. The van der Waals surface area contributed by atoms with E-state index in [1.807, 2.05) is 32.0 Å². The van der Waals surface area contributed by atoms with Crippen molar-refractivity contribution < 1.29 is 18.0 Å². The molecule has 0 aliphatic heterocycles. The number of anilines is 1. The summed E-state index contributed by atoms with van der Waals surface area (Å²) in [6.07, 6.45) is -3.95. The lowest BCUT2D eigenvalue weighted by Crippen LogP contribution is -2.16. The van der Waals surface area contributed by atoms with Crippen molar-refractivity contribution in [3.8, 4) is 0 Å². The third-order valence-corrected chi connectivity index (χ3v) is 4.44. The van der Waals surface area contributed by atoms with Gasteiger partial charge in [0, 0.05) is 11.6 Å². The molecule has 2 atom stereocenters. The first-order valence-electron chi connectivity index (χ1n) is 7.81. The molecule has 5 heteroatoms. The molecule has 2 aromatic carbocycles. The molecule has 0 radical (unpaired) electrons. The van der Waals surface area contributed by atoms with Crippen molar-refractivity contribution >= 4 is 11.6 Å². The van der Waals surface area contributed by atoms with Crippen LogP contribution < -0.4 is 5.32 Å². The minimum atomic E-state index is -4.40. The molecule has 0 heterocycles. The van der Waals surface area contributed by atoms with Crippen LogP contribution in [0, 0.1) is 19.8 Å². The number of nitrogens with one attached hydrogen (secondary N) is 1. The summed E-state index contributed by atoms with van der Waals surface area (Å²) in [4.78, 5) is 12.4. The predicted octanol–water partition coefficient (Wildman–Crippen LogP) is 5.06. The van der Waals surface area contributed by atoms with Crippen molar-refractivity contribution in [1.29, 1.82) is 0 Å². The summed E-state index contributed by atoms with van der Waals surface area (Å²) in [5.74, 6) is -0.993. The van der Waals surface area contributed by atoms with Crippen LogP contribution in [0.3, 0.4) is 0 Å². The van der Waals surface area contributed by atoms with Gasteiger partial charge in [-0.2, -0.15) is 13.2 Å². The van der Waals surface area contributed by atoms with E-state index in [-0.39, 0.29) is 17.4 Å². The van der Waals surface area contributed by atoms with E-state index in [2.05, 4.69) is 5.32 Å². The molecule has 2 aromatic rings. The Hall–Kier alpha value is -2.30. The molecule has 2 unspecified atom stereocenters. The fourth-order valence-electron chi connectivity index (χ4n) is 3.00. The van der Waals surface area contributed by atoms with Crippen molar-refractivity contribution in [1.82, 2.24) is 0 Å². The Labute approximate surface area is 138 Å². The van der Waals surface area contributed by atoms with Gasteiger partial charge in [0.25, 0.3) is 0 Å². The number of aryl methyl sites for hydroxylation is 2. The smallest absolute Gasteiger partial charge is 0.326 e. The summed E-state index contributed by atoms with van der Waals surface area (Å²) in [6, 6.07) is 11.2. The van der Waals surface area contributed by atoms with Crippen LogP contribution in [-0.4, -0.2) is 5.91 Å². The zero-order valence-corrected chi connectivity index (χ0v) is 13.4. The summed E-state index contributed by atoms with van der Waals surface area (Å²) in [5.41, 5.74) is 2.24. The molecule has 0 aromatic heterocycles. The van der Waals surface area contributed by atoms with E-state index < -0.39 is 17.7 Å². The lowest BCUT2D eigenvalue weighted by Gasteiger charge is -2.13. The van der Waals surface area contributed by atoms with E-state index in [1.54, 1.807) is 6.07 Å². The number of rotatable bonds is 3. The number of hydrogen-bond acceptors (Lipinski definition) is 1. The highest BCUT2D eigenvalue weighted by Crippen LogP contribution is 2.51. The van der Waals surface area contributed by atoms with E-state index in [0.717, 1.165) is 22.9 Å². The van der Waals surface area contributed by atoms with Gasteiger partial charge in [0.05, 0.1) is 5.56 Å². The number of hydrogen-bond donors (Lipinski definition) is 1. The molecule has 1 aliphatic rings. The van der Waals surface area contributed by atoms with E-state index in [0.29, 0.717) is 6.42 Å². The lowest BCUT2D eigenvalue weighted by atomic mass is 10.0. The minimum absolute atomic E-state index is 0.214. The van der Waals surface area contributed by atoms with Crippen LogP contribution in [-0.2, 0) is 11.0 Å². The zero-order chi connectivity index (χ0) is 17.5. The van der Waals surface area contributed by atoms with Gasteiger partial charge in [0.15, 0.2) is 0 Å². The zero-order valence-electron chi connectivity index (χ0n) is 13.4. The van der Waals surface area contributed by atoms with Crippen LogP contribution in [0.25, 0.3) is 0 Å². The Kier molecular flexibility index (Phi) is 4.11. The highest BCUT2D eigenvalue weighted by Gasteiger charge is 2.47. The standard InChI is InChI=1S/C19H18F3NO/c1-11-7-8-12(2)17(9-11)23-18(24)15-10-14(15)13-5-3-4-6-16(13)19(20,21)22/h3-9,14-15H,10H2,1-2H3,(H,23,24). The number of amides is 1. The normalized spacial score (nSPS) is 19.9. The Morgan fingerprint density at radius 2 is 1.83 bits per heavy atom. The molecule has 0 bridgehead atoms. The van der Waals surface area contributed by atoms with Crippen molar-refractivity contribution in [2.45, 2.75) is 32.4 Å². The third kappa shape index (κ3) is 3.30. The van der Waals surface area contributed by atoms with E-state index >= 15 is 0 Å². The summed E-state index contributed by atoms with van der Waals surface area (Å²) in [7, 11) is 0. The summed E-state index contributed by atoms with van der Waals surface area (Å²) < 4.78 is 39.3. The topological polar surface area (TPSA) is 29.1 Å². The second-order valence-electron chi connectivity index (χ2n) is 6.34. The summed E-state index contributed by atoms with van der Waals surface area (Å²) in [5, 5.41) is 2.85. The summed E-state index contributed by atoms with van der Waals surface area (Å²) >= 11 is 0. The highest BCUT2D eigenvalue weighted by molar-refractivity contribution is 5.96. The van der Waals surface area contributed by atoms with Gasteiger partial charge in [-0.3, -0.25) is 4.79 Å². The van der Waals surface area contributed by atoms with E-state index in [9.17, 15) is 18.0 Å². The SMILES string of the molecule is Cc1ccc(C)c(NC(=O)C2CC2c2ccccc2C(F)(F)F)c1. The molecule has 2 nitrogen and oxygen atoms in total. The number of carbonyl (C=O) groups is 1. The number of carbonyl (C=O) groups excluding carboxylic acids is 1. The average Bonchev–Trinajstić information content (AvgIpc) is 3.31. The maximum absolute atomic E-state index is 13.1. The van der Waals surface area contributed by atoms with Crippen LogP contribution in [0.4, 0.5) is 18.9 Å². The average molecular weight is 333 g/mol. The van der Waals surface area contributed by atoms with Crippen LogP contribution in [0.1, 0.15) is 34.6 Å². The van der Waals surface area contributed by atoms with Crippen molar-refractivity contribution in [3.05, 3.63) is 64.7 Å². The molecule has 24 heavy (non-hydrogen) atoms. The van der Waals surface area contributed by atoms with Gasteiger partial charge in [-0.1, -0.05) is 30.3 Å². The van der Waals surface area contributed by atoms with Gasteiger partial charge in [-0.05, 0) is 55.0 Å². The fourth-order valence-corrected chi connectivity index (χ4v) is 3.00. The van der Waals surface area contributed by atoms with Crippen LogP contribution >= 0.6 is 0 Å². The monoisotopic (exact) mass is 333 g/mol. The maximum atomic E-state index is 13.1. The molecule has 126 valence electrons. The minimum Gasteiger partial charge on any atom is -0.326 e. The van der Waals surface area contributed by atoms with Crippen LogP contribution in [0.5, 0.6) is 0 Å². The first kappa shape index (κ1) is 16.6. The third-order valence-electron chi connectivity index (χ3n) is 4.44. The molecular formula is C19H18F3NO. The second kappa shape index (κ2) is 5.96. The molecule has 0 spiro atoms. The molecular weight excluding hydrogens is 315 g/mol. The predicted molar refractivity (Wildman–Crippen MR) is 86.8 cm³/mol. The molecule has 0 saturated heterocycles. The Morgan fingerprint density at radius 3 is 2.54 bits per heavy atom. The highest BCUT2D eigenvalue weighted by atomic mass is 19.4. The molecule has 1 fully saturated rings. The summed E-state index contributed by atoms with van der Waals surface area (Å²) in [6.45, 7) is 3.81. The Bertz CT molecular complexity index is 782.